The number of unbranched alkanes of at least 4 members (excludes halogenated alkanes) is 22. The van der Waals surface area contributed by atoms with Crippen molar-refractivity contribution in [1.29, 1.82) is 0 Å². The number of likely N-dealkylation sites (N-methyl/N-ethyl adjacent to an activating group) is 2. The van der Waals surface area contributed by atoms with Crippen molar-refractivity contribution in [1.82, 2.24) is 14.7 Å². The van der Waals surface area contributed by atoms with Gasteiger partial charge in [0.2, 0.25) is 22.2 Å². The van der Waals surface area contributed by atoms with Gasteiger partial charge in [0.1, 0.15) is 51.5 Å². The summed E-state index contributed by atoms with van der Waals surface area (Å²) in [5.74, 6) is -0.443. The molecule has 0 aliphatic carbocycles. The minimum Gasteiger partial charge on any atom is -0.726 e. The van der Waals surface area contributed by atoms with Crippen LogP contribution in [0.5, 0.6) is 0 Å². The quantitative estimate of drug-likeness (QED) is 0.0104. The first-order chi connectivity index (χ1) is 59.4. The van der Waals surface area contributed by atoms with Crippen LogP contribution in [0.15, 0.2) is 0 Å². The summed E-state index contributed by atoms with van der Waals surface area (Å²) in [4.78, 5) is 116. The van der Waals surface area contributed by atoms with Gasteiger partial charge in [0.05, 0.1) is 73.0 Å². The van der Waals surface area contributed by atoms with Gasteiger partial charge in [0, 0.05) is 69.6 Å². The first kappa shape index (κ1) is 133. The first-order valence-electron chi connectivity index (χ1n) is 49.9. The van der Waals surface area contributed by atoms with E-state index in [1.807, 2.05) is 146 Å². The van der Waals surface area contributed by atoms with Gasteiger partial charge in [0.15, 0.2) is 0 Å². The second-order valence-corrected chi connectivity index (χ2v) is 41.4. The third-order valence-electron chi connectivity index (χ3n) is 25.4. The zero-order valence-corrected chi connectivity index (χ0v) is 87.2. The van der Waals surface area contributed by atoms with Crippen molar-refractivity contribution in [2.45, 2.75) is 449 Å². The molecule has 3 aliphatic heterocycles. The van der Waals surface area contributed by atoms with Gasteiger partial charge in [-0.1, -0.05) is 225 Å². The molecule has 3 rings (SSSR count). The zero-order chi connectivity index (χ0) is 97.4. The smallest absolute Gasteiger partial charge is 0.312 e. The van der Waals surface area contributed by atoms with Crippen LogP contribution in [0.1, 0.15) is 431 Å². The fraction of sp³-hybridized carbons (Fsp3) is 0.913. The largest absolute Gasteiger partial charge is 0.726 e. The summed E-state index contributed by atoms with van der Waals surface area (Å²) in [6.07, 6.45) is 43.2. The van der Waals surface area contributed by atoms with Crippen molar-refractivity contribution in [2.24, 2.45) is 37.9 Å². The van der Waals surface area contributed by atoms with Crippen LogP contribution in [0.25, 0.3) is 0 Å². The van der Waals surface area contributed by atoms with E-state index in [4.69, 9.17) is 37.9 Å². The summed E-state index contributed by atoms with van der Waals surface area (Å²) in [6, 6.07) is 0.224. The summed E-state index contributed by atoms with van der Waals surface area (Å²) >= 11 is 0. The van der Waals surface area contributed by atoms with Gasteiger partial charge < -0.3 is 61.6 Å². The predicted octanol–water partition coefficient (Wildman–Crippen LogP) is 22.9. The van der Waals surface area contributed by atoms with Crippen LogP contribution in [0.2, 0.25) is 0 Å². The van der Waals surface area contributed by atoms with E-state index in [2.05, 4.69) is 52.9 Å². The Bertz CT molecular complexity index is 3060. The van der Waals surface area contributed by atoms with Crippen molar-refractivity contribution in [3.63, 3.8) is 0 Å². The van der Waals surface area contributed by atoms with E-state index < -0.39 is 37.5 Å². The lowest BCUT2D eigenvalue weighted by Crippen LogP contribution is -2.44. The number of hydrogen-bond donors (Lipinski definition) is 0. The van der Waals surface area contributed by atoms with Crippen LogP contribution in [0, 0.1) is 37.9 Å². The molecule has 26 heteroatoms. The normalized spacial score (nSPS) is 15.4. The topological polar surface area (TPSA) is 307 Å². The van der Waals surface area contributed by atoms with Crippen LogP contribution in [0.4, 0.5) is 0 Å². The fourth-order valence-electron chi connectivity index (χ4n) is 14.4. The van der Waals surface area contributed by atoms with Gasteiger partial charge in [-0.3, -0.25) is 47.3 Å². The summed E-state index contributed by atoms with van der Waals surface area (Å²) < 4.78 is 75.7. The number of carbonyl (C=O) groups excluding carboxylic acids is 9. The Morgan fingerprint density at radius 1 is 0.465 bits per heavy atom. The SMILES string of the molecule is C.C.CCC(C)(CC(C)N1CCCC1=O)C(=O)OCC[N+](C)(C)CC.CCC(CC(C)(C)C(=O)OCCN(C)C)N1CCCC1=O.CCCCC(C)(C)C(=O)OCC1CO1.CCCCCCCCCCCCCCCCCCOC(=O)C(C)(C)CC.CCCCCCOCCCCCCC(=O)C(C)(C)CC(C)(CC)C(=O)OCCOC(=O)C(C)(C)CC.CCOS(=O)(=O)[O-]. The second-order valence-electron chi connectivity index (χ2n) is 40.3. The Morgan fingerprint density at radius 3 is 1.25 bits per heavy atom. The zero-order valence-electron chi connectivity index (χ0n) is 86.4. The molecule has 3 heterocycles. The van der Waals surface area contributed by atoms with Gasteiger partial charge >= 0.3 is 35.8 Å². The molecule has 3 fully saturated rings. The van der Waals surface area contributed by atoms with E-state index in [0.717, 1.165) is 147 Å². The molecular weight excluding hydrogens is 1660 g/mol. The average Bonchev–Trinajstić information content (AvgIpc) is 1.82. The van der Waals surface area contributed by atoms with Crippen LogP contribution < -0.4 is 0 Å². The van der Waals surface area contributed by atoms with Crippen molar-refractivity contribution in [3.8, 4) is 0 Å². The summed E-state index contributed by atoms with van der Waals surface area (Å²) in [7, 11) is 3.74. The number of likely N-dealkylation sites (tertiary alicyclic amines) is 2. The Hall–Kier alpha value is -4.86. The maximum Gasteiger partial charge on any atom is 0.312 e. The third kappa shape index (κ3) is 64.7. The Labute approximate surface area is 791 Å². The molecule has 3 aliphatic rings. The molecular formula is C103H202N4O21S. The number of esters is 6. The van der Waals surface area contributed by atoms with Gasteiger partial charge in [-0.15, -0.1) is 0 Å². The van der Waals surface area contributed by atoms with E-state index in [-0.39, 0.29) is 117 Å². The molecule has 0 aromatic heterocycles. The van der Waals surface area contributed by atoms with Crippen LogP contribution in [0.3, 0.4) is 0 Å². The predicted molar refractivity (Wildman–Crippen MR) is 524 cm³/mol. The Morgan fingerprint density at radius 2 is 0.853 bits per heavy atom. The number of epoxide rings is 1. The van der Waals surface area contributed by atoms with Crippen molar-refractivity contribution >= 4 is 63.8 Å². The monoisotopic (exact) mass is 1860 g/mol. The summed E-state index contributed by atoms with van der Waals surface area (Å²) in [5, 5.41) is 0. The number of ketones is 1. The van der Waals surface area contributed by atoms with E-state index >= 15 is 0 Å². The molecule has 0 aromatic rings. The van der Waals surface area contributed by atoms with Crippen molar-refractivity contribution < 1.29 is 103 Å². The lowest BCUT2D eigenvalue weighted by Gasteiger charge is -2.34. The average molecular weight is 1860 g/mol. The van der Waals surface area contributed by atoms with Gasteiger partial charge in [0.25, 0.3) is 0 Å². The summed E-state index contributed by atoms with van der Waals surface area (Å²) in [6.45, 7) is 53.7. The molecule has 0 bridgehead atoms. The highest BCUT2D eigenvalue weighted by atomic mass is 32.3. The Balaban J connectivity index is -0.000000497. The summed E-state index contributed by atoms with van der Waals surface area (Å²) in [5.41, 5.74) is -3.67. The molecule has 2 amide bonds. The van der Waals surface area contributed by atoms with Crippen molar-refractivity contribution in [2.75, 3.05) is 127 Å². The van der Waals surface area contributed by atoms with Crippen molar-refractivity contribution in [3.05, 3.63) is 0 Å². The lowest BCUT2D eigenvalue weighted by atomic mass is 9.69. The van der Waals surface area contributed by atoms with E-state index in [9.17, 15) is 56.1 Å². The maximum absolute atomic E-state index is 13.0. The number of carbonyl (C=O) groups is 9. The second kappa shape index (κ2) is 73.5. The Kier molecular flexibility index (Phi) is 75.5. The molecule has 3 saturated heterocycles. The molecule has 766 valence electrons. The molecule has 0 N–H and O–H groups in total. The van der Waals surface area contributed by atoms with E-state index in [1.165, 1.54) is 122 Å². The van der Waals surface area contributed by atoms with Crippen LogP contribution >= 0.6 is 0 Å². The number of rotatable bonds is 66. The number of quaternary nitrogens is 1. The molecule has 0 aromatic carbocycles. The highest BCUT2D eigenvalue weighted by Gasteiger charge is 2.43. The van der Waals surface area contributed by atoms with E-state index in [0.29, 0.717) is 77.8 Å². The molecule has 0 spiro atoms. The van der Waals surface area contributed by atoms with Gasteiger partial charge in [-0.05, 0) is 200 Å². The molecule has 0 saturated carbocycles. The first-order valence-corrected chi connectivity index (χ1v) is 51.2. The maximum atomic E-state index is 13.0. The molecule has 129 heavy (non-hydrogen) atoms. The molecule has 5 unspecified atom stereocenters. The highest BCUT2D eigenvalue weighted by Crippen LogP contribution is 2.40. The number of nitrogens with zero attached hydrogens (tertiary/aromatic N) is 4. The molecule has 0 radical (unpaired) electrons. The molecule has 25 nitrogen and oxygen atoms in total. The minimum atomic E-state index is -4.42. The standard InChI is InChI=1S/C30H56O6.C24H48O2.C18H35N2O3.C16H30N2O3.C11H20O3.C2H6O4S.2CH4/c1-9-12-13-17-20-34-21-18-15-14-16-19-25(31)29(6,7)24-30(8,11-3)27(33)36-23-22-35-26(32)28(4,5)10-2;1-5-7-8-9-10-11-12-13-14-15-16-17-18-19-20-21-22-26-23(25)24(3,4)6-2;1-7-18(4,14-15(3)19-11-9-10-16(19)21)17(22)23-13-12-20(5,6)8-2;1-6-13(18-9-7-8-14(18)19)12-16(2,3)15(20)21-11-10-17(4)5;1-4-5-6-11(2,3)10(12)14-8-9-7-13-9;1-2-6-7(3,4)5;;/h9-24H2,1-8H3;5-22H2,1-4H3;15H,7-14H2,1-6H3;13H,6-12H2,1-5H3;9H,4-8H2,1-3H3;2H2,1H3,(H,3,4,5);2*1H4/q;;+1;;;;;/p-1. The third-order valence-corrected chi connectivity index (χ3v) is 25.9. The van der Waals surface area contributed by atoms with Gasteiger partial charge in [-0.25, -0.2) is 8.42 Å². The number of hydrogen-bond acceptors (Lipinski definition) is 22. The van der Waals surface area contributed by atoms with Crippen LogP contribution in [-0.4, -0.2) is 231 Å². The number of amides is 2. The van der Waals surface area contributed by atoms with Gasteiger partial charge in [-0.2, -0.15) is 0 Å². The lowest BCUT2D eigenvalue weighted by molar-refractivity contribution is -0.888. The fourth-order valence-corrected chi connectivity index (χ4v) is 14.7. The highest BCUT2D eigenvalue weighted by molar-refractivity contribution is 7.80. The molecule has 5 atom stereocenters. The van der Waals surface area contributed by atoms with Crippen LogP contribution in [-0.2, 0) is 95.6 Å². The minimum absolute atomic E-state index is 0. The number of Topliss-reactive ketones (excluding diaryl/α,β-unsaturated/α-hetero) is 1. The van der Waals surface area contributed by atoms with E-state index in [1.54, 1.807) is 0 Å². The number of ether oxygens (including phenoxy) is 8.